The Hall–Kier alpha value is -4.00. The number of nitrogens with one attached hydrogen (secondary N) is 2. The van der Waals surface area contributed by atoms with E-state index < -0.39 is 5.91 Å². The monoisotopic (exact) mass is 390 g/mol. The lowest BCUT2D eigenvalue weighted by Crippen LogP contribution is -2.24. The Bertz CT molecular complexity index is 1160. The van der Waals surface area contributed by atoms with Crippen LogP contribution in [0.25, 0.3) is 11.0 Å². The van der Waals surface area contributed by atoms with E-state index >= 15 is 0 Å². The first-order chi connectivity index (χ1) is 14.2. The van der Waals surface area contributed by atoms with E-state index in [9.17, 15) is 9.59 Å². The van der Waals surface area contributed by atoms with Crippen LogP contribution in [0.4, 0.5) is 5.69 Å². The van der Waals surface area contributed by atoms with Gasteiger partial charge < -0.3 is 24.2 Å². The lowest BCUT2D eigenvalue weighted by molar-refractivity contribution is 0.0949. The van der Waals surface area contributed by atoms with Crippen LogP contribution in [0.5, 0.6) is 5.75 Å². The van der Waals surface area contributed by atoms with Gasteiger partial charge in [-0.15, -0.1) is 0 Å². The molecule has 0 fully saturated rings. The van der Waals surface area contributed by atoms with E-state index in [0.29, 0.717) is 28.3 Å². The number of furan rings is 2. The molecule has 2 N–H and O–H groups in total. The number of rotatable bonds is 6. The summed E-state index contributed by atoms with van der Waals surface area (Å²) in [5, 5.41) is 6.26. The van der Waals surface area contributed by atoms with Crippen molar-refractivity contribution < 1.29 is 23.2 Å². The number of anilines is 1. The van der Waals surface area contributed by atoms with Crippen LogP contribution in [-0.4, -0.2) is 18.9 Å². The predicted molar refractivity (Wildman–Crippen MR) is 107 cm³/mol. The molecule has 0 radical (unpaired) electrons. The van der Waals surface area contributed by atoms with Gasteiger partial charge in [0.05, 0.1) is 31.2 Å². The quantitative estimate of drug-likeness (QED) is 0.514. The summed E-state index contributed by atoms with van der Waals surface area (Å²) in [5.41, 5.74) is 1.20. The molecule has 2 aromatic carbocycles. The minimum atomic E-state index is -0.463. The van der Waals surface area contributed by atoms with Crippen molar-refractivity contribution in [2.45, 2.75) is 6.54 Å². The molecule has 0 bridgehead atoms. The topological polar surface area (TPSA) is 93.7 Å². The molecule has 7 heteroatoms. The van der Waals surface area contributed by atoms with Crippen LogP contribution in [0.1, 0.15) is 26.7 Å². The number of hydrogen-bond acceptors (Lipinski definition) is 5. The van der Waals surface area contributed by atoms with Gasteiger partial charge in [0.2, 0.25) is 0 Å². The first kappa shape index (κ1) is 18.4. The highest BCUT2D eigenvalue weighted by Gasteiger charge is 2.18. The van der Waals surface area contributed by atoms with E-state index in [0.717, 1.165) is 5.39 Å². The predicted octanol–water partition coefficient (Wildman–Crippen LogP) is 4.22. The second kappa shape index (κ2) is 7.93. The fourth-order valence-corrected chi connectivity index (χ4v) is 2.96. The van der Waals surface area contributed by atoms with E-state index in [1.165, 1.54) is 13.4 Å². The first-order valence-corrected chi connectivity index (χ1v) is 8.93. The summed E-state index contributed by atoms with van der Waals surface area (Å²) in [7, 11) is 1.54. The molecule has 29 heavy (non-hydrogen) atoms. The molecular weight excluding hydrogens is 372 g/mol. The Kier molecular flexibility index (Phi) is 5.03. The fraction of sp³-hybridized carbons (Fsp3) is 0.0909. The van der Waals surface area contributed by atoms with E-state index in [1.54, 1.807) is 48.5 Å². The van der Waals surface area contributed by atoms with Gasteiger partial charge in [0.1, 0.15) is 5.76 Å². The molecule has 4 rings (SSSR count). The van der Waals surface area contributed by atoms with Crippen molar-refractivity contribution in [1.29, 1.82) is 0 Å². The molecule has 0 aliphatic rings. The summed E-state index contributed by atoms with van der Waals surface area (Å²) >= 11 is 0. The molecule has 0 unspecified atom stereocenters. The van der Waals surface area contributed by atoms with Crippen LogP contribution in [0.15, 0.2) is 75.8 Å². The lowest BCUT2D eigenvalue weighted by atomic mass is 10.1. The van der Waals surface area contributed by atoms with E-state index in [4.69, 9.17) is 13.6 Å². The van der Waals surface area contributed by atoms with E-state index in [1.807, 2.05) is 12.1 Å². The van der Waals surface area contributed by atoms with Crippen molar-refractivity contribution in [1.82, 2.24) is 5.32 Å². The highest BCUT2D eigenvalue weighted by atomic mass is 16.5. The number of benzene rings is 2. The lowest BCUT2D eigenvalue weighted by Gasteiger charge is -2.10. The maximum absolute atomic E-state index is 12.7. The highest BCUT2D eigenvalue weighted by molar-refractivity contribution is 6.09. The Morgan fingerprint density at radius 2 is 1.86 bits per heavy atom. The van der Waals surface area contributed by atoms with Crippen LogP contribution >= 0.6 is 0 Å². The molecule has 0 atom stereocenters. The number of carbonyl (C=O) groups excluding carboxylic acids is 2. The molecule has 2 heterocycles. The molecule has 0 aliphatic carbocycles. The van der Waals surface area contributed by atoms with Crippen LogP contribution in [0.3, 0.4) is 0 Å². The van der Waals surface area contributed by atoms with Crippen LogP contribution in [0, 0.1) is 0 Å². The van der Waals surface area contributed by atoms with Crippen molar-refractivity contribution in [3.63, 3.8) is 0 Å². The smallest absolute Gasteiger partial charge is 0.291 e. The normalized spacial score (nSPS) is 10.7. The van der Waals surface area contributed by atoms with Crippen molar-refractivity contribution in [3.05, 3.63) is 84.0 Å². The number of methoxy groups -OCH3 is 1. The van der Waals surface area contributed by atoms with Crippen LogP contribution < -0.4 is 15.4 Å². The second-order valence-electron chi connectivity index (χ2n) is 6.25. The average molecular weight is 390 g/mol. The number of ether oxygens (including phenoxy) is 1. The summed E-state index contributed by atoms with van der Waals surface area (Å²) in [6.07, 6.45) is 1.54. The summed E-state index contributed by atoms with van der Waals surface area (Å²) in [6.45, 7) is 0.248. The Labute approximate surface area is 166 Å². The fourth-order valence-electron chi connectivity index (χ4n) is 2.96. The largest absolute Gasteiger partial charge is 0.493 e. The minimum Gasteiger partial charge on any atom is -0.493 e. The van der Waals surface area contributed by atoms with Gasteiger partial charge in [-0.2, -0.15) is 0 Å². The molecule has 2 amide bonds. The standard InChI is InChI=1S/C22H18N2O5/c1-27-18-10-4-6-14-12-19(29-20(14)18)22(26)24-17-9-3-2-8-16(17)21(25)23-13-15-7-5-11-28-15/h2-12H,13H2,1H3,(H,23,25)(H,24,26). The Morgan fingerprint density at radius 1 is 1.00 bits per heavy atom. The highest BCUT2D eigenvalue weighted by Crippen LogP contribution is 2.29. The third-order valence-corrected chi connectivity index (χ3v) is 4.37. The molecule has 0 saturated carbocycles. The third kappa shape index (κ3) is 3.84. The molecule has 0 saturated heterocycles. The molecular formula is C22H18N2O5. The van der Waals surface area contributed by atoms with Crippen molar-refractivity contribution >= 4 is 28.5 Å². The zero-order valence-corrected chi connectivity index (χ0v) is 15.6. The van der Waals surface area contributed by atoms with Crippen molar-refractivity contribution in [2.24, 2.45) is 0 Å². The number of para-hydroxylation sites is 2. The maximum atomic E-state index is 12.7. The maximum Gasteiger partial charge on any atom is 0.291 e. The van der Waals surface area contributed by atoms with Crippen LogP contribution in [0.2, 0.25) is 0 Å². The molecule has 4 aromatic rings. The van der Waals surface area contributed by atoms with Gasteiger partial charge in [-0.25, -0.2) is 0 Å². The molecule has 7 nitrogen and oxygen atoms in total. The number of hydrogen-bond donors (Lipinski definition) is 2. The number of carbonyl (C=O) groups is 2. The average Bonchev–Trinajstić information content (AvgIpc) is 3.41. The SMILES string of the molecule is COc1cccc2cc(C(=O)Nc3ccccc3C(=O)NCc3ccco3)oc12. The summed E-state index contributed by atoms with van der Waals surface area (Å²) in [6, 6.07) is 17.3. The van der Waals surface area contributed by atoms with Crippen molar-refractivity contribution in [2.75, 3.05) is 12.4 Å². The van der Waals surface area contributed by atoms with Gasteiger partial charge in [0.25, 0.3) is 11.8 Å². The summed E-state index contributed by atoms with van der Waals surface area (Å²) < 4.78 is 16.1. The number of amides is 2. The van der Waals surface area contributed by atoms with Gasteiger partial charge in [0, 0.05) is 5.39 Å². The van der Waals surface area contributed by atoms with Crippen LogP contribution in [-0.2, 0) is 6.54 Å². The second-order valence-corrected chi connectivity index (χ2v) is 6.25. The molecule has 0 spiro atoms. The molecule has 146 valence electrons. The van der Waals surface area contributed by atoms with Gasteiger partial charge >= 0.3 is 0 Å². The zero-order chi connectivity index (χ0) is 20.2. The van der Waals surface area contributed by atoms with Gasteiger partial charge in [-0.05, 0) is 36.4 Å². The molecule has 0 aliphatic heterocycles. The van der Waals surface area contributed by atoms with Crippen molar-refractivity contribution in [3.8, 4) is 5.75 Å². The van der Waals surface area contributed by atoms with Gasteiger partial charge in [0.15, 0.2) is 17.1 Å². The minimum absolute atomic E-state index is 0.121. The summed E-state index contributed by atoms with van der Waals surface area (Å²) in [5.74, 6) is 0.503. The Balaban J connectivity index is 1.53. The Morgan fingerprint density at radius 3 is 2.66 bits per heavy atom. The molecule has 2 aromatic heterocycles. The van der Waals surface area contributed by atoms with Gasteiger partial charge in [-0.1, -0.05) is 24.3 Å². The first-order valence-electron chi connectivity index (χ1n) is 8.93. The third-order valence-electron chi connectivity index (χ3n) is 4.37. The van der Waals surface area contributed by atoms with E-state index in [-0.39, 0.29) is 18.2 Å². The zero-order valence-electron chi connectivity index (χ0n) is 15.6. The number of fused-ring (bicyclic) bond motifs is 1. The summed E-state index contributed by atoms with van der Waals surface area (Å²) in [4.78, 5) is 25.3. The van der Waals surface area contributed by atoms with Gasteiger partial charge in [-0.3, -0.25) is 9.59 Å². The van der Waals surface area contributed by atoms with E-state index in [2.05, 4.69) is 10.6 Å².